The number of carbonyl (C=O) groups is 2. The molecular formula is C20H16ClN3O5S. The Morgan fingerprint density at radius 3 is 2.47 bits per heavy atom. The Labute approximate surface area is 181 Å². The highest BCUT2D eigenvalue weighted by Gasteiger charge is 2.36. The highest BCUT2D eigenvalue weighted by molar-refractivity contribution is 8.19. The van der Waals surface area contributed by atoms with Crippen molar-refractivity contribution < 1.29 is 19.2 Å². The number of halogens is 1. The largest absolute Gasteiger partial charge is 0.378 e. The molecule has 2 fully saturated rings. The minimum atomic E-state index is -0.479. The second-order valence-corrected chi connectivity index (χ2v) is 8.03. The third-order valence-electron chi connectivity index (χ3n) is 4.72. The molecule has 10 heteroatoms. The molecule has 0 unspecified atom stereocenters. The van der Waals surface area contributed by atoms with Gasteiger partial charge >= 0.3 is 0 Å². The predicted molar refractivity (Wildman–Crippen MR) is 116 cm³/mol. The van der Waals surface area contributed by atoms with Gasteiger partial charge in [-0.1, -0.05) is 17.7 Å². The van der Waals surface area contributed by atoms with E-state index in [1.54, 1.807) is 36.4 Å². The van der Waals surface area contributed by atoms with Gasteiger partial charge in [0, 0.05) is 24.2 Å². The van der Waals surface area contributed by atoms with Crippen LogP contribution in [0.4, 0.5) is 21.9 Å². The van der Waals surface area contributed by atoms with Gasteiger partial charge in [0.2, 0.25) is 0 Å². The summed E-state index contributed by atoms with van der Waals surface area (Å²) >= 11 is 6.66. The number of morpholine rings is 1. The molecule has 2 amide bonds. The fourth-order valence-electron chi connectivity index (χ4n) is 3.28. The number of amides is 2. The minimum Gasteiger partial charge on any atom is -0.378 e. The number of nitrogens with zero attached hydrogens (tertiary/aromatic N) is 3. The van der Waals surface area contributed by atoms with E-state index < -0.39 is 16.1 Å². The molecule has 0 saturated carbocycles. The molecule has 2 aliphatic heterocycles. The van der Waals surface area contributed by atoms with E-state index in [1.807, 2.05) is 4.90 Å². The lowest BCUT2D eigenvalue weighted by molar-refractivity contribution is -0.384. The standard InChI is InChI=1S/C20H16ClN3O5S/c21-14-2-4-15(5-3-14)23-19(25)18(30-20(23)26)12-13-1-6-16(17(11-13)24(27)28)22-7-9-29-10-8-22/h1-6,11-12H,7-10H2/b18-12+. The molecule has 2 heterocycles. The summed E-state index contributed by atoms with van der Waals surface area (Å²) in [5, 5.41) is 11.7. The molecule has 0 radical (unpaired) electrons. The molecule has 8 nitrogen and oxygen atoms in total. The zero-order valence-electron chi connectivity index (χ0n) is 15.6. The molecule has 2 saturated heterocycles. The molecule has 0 aliphatic carbocycles. The molecule has 0 spiro atoms. The number of rotatable bonds is 4. The minimum absolute atomic E-state index is 0.0532. The third-order valence-corrected chi connectivity index (χ3v) is 5.85. The second-order valence-electron chi connectivity index (χ2n) is 6.60. The lowest BCUT2D eigenvalue weighted by Crippen LogP contribution is -2.36. The van der Waals surface area contributed by atoms with Crippen LogP contribution in [-0.4, -0.2) is 42.4 Å². The van der Waals surface area contributed by atoms with Crippen LogP contribution in [0.3, 0.4) is 0 Å². The molecule has 0 N–H and O–H groups in total. The zero-order valence-corrected chi connectivity index (χ0v) is 17.2. The smallest absolute Gasteiger partial charge is 0.298 e. The lowest BCUT2D eigenvalue weighted by atomic mass is 10.1. The van der Waals surface area contributed by atoms with E-state index in [-0.39, 0.29) is 10.6 Å². The maximum Gasteiger partial charge on any atom is 0.298 e. The first-order valence-electron chi connectivity index (χ1n) is 9.09. The van der Waals surface area contributed by atoms with Crippen molar-refractivity contribution in [2.75, 3.05) is 36.1 Å². The van der Waals surface area contributed by atoms with Crippen molar-refractivity contribution >= 4 is 57.6 Å². The summed E-state index contributed by atoms with van der Waals surface area (Å²) in [6, 6.07) is 11.1. The van der Waals surface area contributed by atoms with Gasteiger partial charge in [-0.25, -0.2) is 4.90 Å². The van der Waals surface area contributed by atoms with Crippen molar-refractivity contribution in [3.63, 3.8) is 0 Å². The van der Waals surface area contributed by atoms with E-state index in [9.17, 15) is 19.7 Å². The Hall–Kier alpha value is -2.88. The van der Waals surface area contributed by atoms with Crippen molar-refractivity contribution in [2.45, 2.75) is 0 Å². The van der Waals surface area contributed by atoms with Crippen molar-refractivity contribution in [2.24, 2.45) is 0 Å². The van der Waals surface area contributed by atoms with E-state index in [2.05, 4.69) is 0 Å². The van der Waals surface area contributed by atoms with Gasteiger partial charge < -0.3 is 9.64 Å². The Morgan fingerprint density at radius 2 is 1.80 bits per heavy atom. The molecule has 2 aromatic rings. The van der Waals surface area contributed by atoms with Crippen molar-refractivity contribution in [1.82, 2.24) is 0 Å². The fraction of sp³-hybridized carbons (Fsp3) is 0.200. The number of nitro benzene ring substituents is 1. The molecule has 0 atom stereocenters. The number of anilines is 2. The molecule has 30 heavy (non-hydrogen) atoms. The lowest BCUT2D eigenvalue weighted by Gasteiger charge is -2.28. The molecule has 154 valence electrons. The summed E-state index contributed by atoms with van der Waals surface area (Å²) in [7, 11) is 0. The SMILES string of the molecule is O=C1S/C(=C/c2ccc(N3CCOCC3)c([N+](=O)[O-])c2)C(=O)N1c1ccc(Cl)cc1. The first-order chi connectivity index (χ1) is 14.4. The first kappa shape index (κ1) is 20.4. The highest BCUT2D eigenvalue weighted by atomic mass is 35.5. The summed E-state index contributed by atoms with van der Waals surface area (Å²) in [5.41, 5.74) is 1.34. The Morgan fingerprint density at radius 1 is 1.10 bits per heavy atom. The van der Waals surface area contributed by atoms with Crippen molar-refractivity contribution in [1.29, 1.82) is 0 Å². The van der Waals surface area contributed by atoms with Crippen LogP contribution in [0.15, 0.2) is 47.4 Å². The third kappa shape index (κ3) is 4.04. The number of nitro groups is 1. The van der Waals surface area contributed by atoms with Crippen LogP contribution in [0.5, 0.6) is 0 Å². The van der Waals surface area contributed by atoms with E-state index in [0.717, 1.165) is 16.7 Å². The normalized spacial score (nSPS) is 18.4. The molecule has 0 aromatic heterocycles. The van der Waals surface area contributed by atoms with Gasteiger partial charge in [-0.15, -0.1) is 0 Å². The van der Waals surface area contributed by atoms with Gasteiger partial charge in [0.25, 0.3) is 16.8 Å². The number of hydrogen-bond donors (Lipinski definition) is 0. The van der Waals surface area contributed by atoms with Gasteiger partial charge in [0.05, 0.1) is 28.7 Å². The number of hydrogen-bond acceptors (Lipinski definition) is 7. The average molecular weight is 446 g/mol. The van der Waals surface area contributed by atoms with E-state index >= 15 is 0 Å². The van der Waals surface area contributed by atoms with Gasteiger partial charge in [-0.05, 0) is 53.7 Å². The predicted octanol–water partition coefficient (Wildman–Crippen LogP) is 4.33. The van der Waals surface area contributed by atoms with Gasteiger partial charge in [-0.3, -0.25) is 19.7 Å². The summed E-state index contributed by atoms with van der Waals surface area (Å²) in [6.07, 6.45) is 1.50. The summed E-state index contributed by atoms with van der Waals surface area (Å²) < 4.78 is 5.30. The Bertz CT molecular complexity index is 1050. The quantitative estimate of drug-likeness (QED) is 0.393. The van der Waals surface area contributed by atoms with Gasteiger partial charge in [-0.2, -0.15) is 0 Å². The molecular weight excluding hydrogens is 430 g/mol. The number of benzene rings is 2. The summed E-state index contributed by atoms with van der Waals surface area (Å²) in [5.74, 6) is -0.479. The van der Waals surface area contributed by atoms with Gasteiger partial charge in [0.1, 0.15) is 5.69 Å². The van der Waals surface area contributed by atoms with Crippen LogP contribution in [0, 0.1) is 10.1 Å². The topological polar surface area (TPSA) is 93.0 Å². The first-order valence-corrected chi connectivity index (χ1v) is 10.3. The molecule has 2 aromatic carbocycles. The van der Waals surface area contributed by atoms with E-state index in [0.29, 0.717) is 48.3 Å². The maximum absolute atomic E-state index is 12.8. The number of imide groups is 1. The van der Waals surface area contributed by atoms with Crippen LogP contribution in [-0.2, 0) is 9.53 Å². The van der Waals surface area contributed by atoms with Crippen molar-refractivity contribution in [3.8, 4) is 0 Å². The Kier molecular flexibility index (Phi) is 5.76. The Balaban J connectivity index is 1.63. The summed E-state index contributed by atoms with van der Waals surface area (Å²) in [4.78, 5) is 39.5. The second kappa shape index (κ2) is 8.47. The van der Waals surface area contributed by atoms with Crippen molar-refractivity contribution in [3.05, 3.63) is 68.1 Å². The highest BCUT2D eigenvalue weighted by Crippen LogP contribution is 2.37. The van der Waals surface area contributed by atoms with E-state index in [4.69, 9.17) is 16.3 Å². The van der Waals surface area contributed by atoms with E-state index in [1.165, 1.54) is 12.1 Å². The van der Waals surface area contributed by atoms with Crippen LogP contribution in [0.1, 0.15) is 5.56 Å². The average Bonchev–Trinajstić information content (AvgIpc) is 3.02. The van der Waals surface area contributed by atoms with Crippen LogP contribution in [0.2, 0.25) is 5.02 Å². The van der Waals surface area contributed by atoms with Crippen LogP contribution < -0.4 is 9.80 Å². The number of carbonyl (C=O) groups excluding carboxylic acids is 2. The molecule has 2 aliphatic rings. The zero-order chi connectivity index (χ0) is 21.3. The van der Waals surface area contributed by atoms with Crippen LogP contribution in [0.25, 0.3) is 6.08 Å². The van der Waals surface area contributed by atoms with Gasteiger partial charge in [0.15, 0.2) is 0 Å². The number of thioether (sulfide) groups is 1. The summed E-state index contributed by atoms with van der Waals surface area (Å²) in [6.45, 7) is 2.16. The number of ether oxygens (including phenoxy) is 1. The van der Waals surface area contributed by atoms with Crippen LogP contribution >= 0.6 is 23.4 Å². The fourth-order valence-corrected chi connectivity index (χ4v) is 4.25. The monoisotopic (exact) mass is 445 g/mol. The maximum atomic E-state index is 12.8. The molecule has 4 rings (SSSR count). The molecule has 0 bridgehead atoms.